The summed E-state index contributed by atoms with van der Waals surface area (Å²) in [7, 11) is 0. The topological polar surface area (TPSA) is 47.3 Å². The summed E-state index contributed by atoms with van der Waals surface area (Å²) >= 11 is 0. The quantitative estimate of drug-likeness (QED) is 0.923. The van der Waals surface area contributed by atoms with E-state index in [1.165, 1.54) is 24.3 Å². The fourth-order valence-electron chi connectivity index (χ4n) is 2.00. The molecule has 7 heteroatoms. The summed E-state index contributed by atoms with van der Waals surface area (Å²) in [6.07, 6.45) is -1.81. The largest absolute Gasteiger partial charge is 0.573 e. The standard InChI is InChI=1S/C14H15F3N2O2/c1-2-19-8-7-18-13(19)9-12(20)10-3-5-11(6-4-10)21-14(15,16)17/h3-8,12,20H,2,9H2,1H3. The van der Waals surface area contributed by atoms with Crippen molar-refractivity contribution >= 4 is 0 Å². The second-order valence-electron chi connectivity index (χ2n) is 4.47. The zero-order valence-electron chi connectivity index (χ0n) is 11.3. The molecular formula is C14H15F3N2O2. The van der Waals surface area contributed by atoms with Crippen LogP contribution in [-0.2, 0) is 13.0 Å². The number of hydrogen-bond donors (Lipinski definition) is 1. The van der Waals surface area contributed by atoms with Gasteiger partial charge in [0.2, 0.25) is 0 Å². The number of aryl methyl sites for hydroxylation is 1. The van der Waals surface area contributed by atoms with E-state index in [2.05, 4.69) is 9.72 Å². The highest BCUT2D eigenvalue weighted by Crippen LogP contribution is 2.25. The van der Waals surface area contributed by atoms with Gasteiger partial charge >= 0.3 is 6.36 Å². The molecule has 1 atom stereocenters. The van der Waals surface area contributed by atoms with Crippen LogP contribution in [0.2, 0.25) is 0 Å². The Bertz CT molecular complexity index is 579. The van der Waals surface area contributed by atoms with E-state index in [1.807, 2.05) is 17.7 Å². The average molecular weight is 300 g/mol. The number of rotatable bonds is 5. The van der Waals surface area contributed by atoms with Crippen LogP contribution in [0.3, 0.4) is 0 Å². The maximum absolute atomic E-state index is 12.1. The molecule has 0 spiro atoms. The number of aromatic nitrogens is 2. The van der Waals surface area contributed by atoms with E-state index in [0.29, 0.717) is 12.0 Å². The van der Waals surface area contributed by atoms with Gasteiger partial charge in [0.15, 0.2) is 0 Å². The maximum Gasteiger partial charge on any atom is 0.573 e. The number of hydrogen-bond acceptors (Lipinski definition) is 3. The van der Waals surface area contributed by atoms with Crippen molar-refractivity contribution < 1.29 is 23.0 Å². The molecule has 21 heavy (non-hydrogen) atoms. The van der Waals surface area contributed by atoms with E-state index < -0.39 is 12.5 Å². The molecule has 1 heterocycles. The Labute approximate surface area is 119 Å². The van der Waals surface area contributed by atoms with Crippen LogP contribution >= 0.6 is 0 Å². The Morgan fingerprint density at radius 3 is 2.52 bits per heavy atom. The van der Waals surface area contributed by atoms with Crippen molar-refractivity contribution in [1.82, 2.24) is 9.55 Å². The predicted octanol–water partition coefficient (Wildman–Crippen LogP) is 3.08. The average Bonchev–Trinajstić information content (AvgIpc) is 2.85. The summed E-state index contributed by atoms with van der Waals surface area (Å²) < 4.78 is 41.8. The van der Waals surface area contributed by atoms with Gasteiger partial charge in [-0.1, -0.05) is 12.1 Å². The van der Waals surface area contributed by atoms with Crippen LogP contribution < -0.4 is 4.74 Å². The highest BCUT2D eigenvalue weighted by Gasteiger charge is 2.31. The molecule has 0 amide bonds. The molecule has 2 aromatic rings. The molecule has 0 fully saturated rings. The van der Waals surface area contributed by atoms with Crippen molar-refractivity contribution in [2.75, 3.05) is 0 Å². The van der Waals surface area contributed by atoms with Gasteiger partial charge in [0.25, 0.3) is 0 Å². The van der Waals surface area contributed by atoms with Gasteiger partial charge in [-0.05, 0) is 24.6 Å². The number of ether oxygens (including phenoxy) is 1. The summed E-state index contributed by atoms with van der Waals surface area (Å²) in [4.78, 5) is 4.15. The number of halogens is 3. The minimum atomic E-state index is -4.72. The smallest absolute Gasteiger partial charge is 0.406 e. The third-order valence-corrected chi connectivity index (χ3v) is 3.02. The lowest BCUT2D eigenvalue weighted by Gasteiger charge is -2.13. The Kier molecular flexibility index (Phi) is 4.52. The van der Waals surface area contributed by atoms with Gasteiger partial charge in [-0.2, -0.15) is 0 Å². The van der Waals surface area contributed by atoms with Gasteiger partial charge in [-0.15, -0.1) is 13.2 Å². The summed E-state index contributed by atoms with van der Waals surface area (Å²) in [6.45, 7) is 2.70. The zero-order chi connectivity index (χ0) is 15.5. The summed E-state index contributed by atoms with van der Waals surface area (Å²) in [5.41, 5.74) is 0.509. The molecule has 0 aliphatic rings. The van der Waals surface area contributed by atoms with Crippen LogP contribution in [0.15, 0.2) is 36.7 Å². The van der Waals surface area contributed by atoms with Gasteiger partial charge in [-0.25, -0.2) is 4.98 Å². The van der Waals surface area contributed by atoms with Crippen LogP contribution in [-0.4, -0.2) is 21.0 Å². The molecule has 1 aromatic carbocycles. The third-order valence-electron chi connectivity index (χ3n) is 3.02. The van der Waals surface area contributed by atoms with Crippen molar-refractivity contribution in [2.24, 2.45) is 0 Å². The van der Waals surface area contributed by atoms with E-state index in [9.17, 15) is 18.3 Å². The molecule has 1 N–H and O–H groups in total. The van der Waals surface area contributed by atoms with Crippen molar-refractivity contribution in [3.8, 4) is 5.75 Å². The first-order valence-corrected chi connectivity index (χ1v) is 6.43. The molecular weight excluding hydrogens is 285 g/mol. The molecule has 0 bridgehead atoms. The van der Waals surface area contributed by atoms with Crippen molar-refractivity contribution in [2.45, 2.75) is 32.4 Å². The molecule has 2 rings (SSSR count). The molecule has 0 aliphatic carbocycles. The molecule has 0 saturated heterocycles. The normalized spacial score (nSPS) is 13.2. The number of aliphatic hydroxyl groups is 1. The first-order valence-electron chi connectivity index (χ1n) is 6.43. The fraction of sp³-hybridized carbons (Fsp3) is 0.357. The molecule has 0 saturated carbocycles. The minimum Gasteiger partial charge on any atom is -0.406 e. The van der Waals surface area contributed by atoms with Crippen molar-refractivity contribution in [3.05, 3.63) is 48.0 Å². The summed E-state index contributed by atoms with van der Waals surface area (Å²) in [6, 6.07) is 5.17. The molecule has 0 radical (unpaired) electrons. The SMILES string of the molecule is CCn1ccnc1CC(O)c1ccc(OC(F)(F)F)cc1. The molecule has 1 aromatic heterocycles. The zero-order valence-corrected chi connectivity index (χ0v) is 11.3. The Balaban J connectivity index is 2.04. The molecule has 1 unspecified atom stereocenters. The van der Waals surface area contributed by atoms with Crippen molar-refractivity contribution in [1.29, 1.82) is 0 Å². The lowest BCUT2D eigenvalue weighted by atomic mass is 10.1. The second-order valence-corrected chi connectivity index (χ2v) is 4.47. The highest BCUT2D eigenvalue weighted by molar-refractivity contribution is 5.29. The fourth-order valence-corrected chi connectivity index (χ4v) is 2.00. The number of benzene rings is 1. The number of imidazole rings is 1. The van der Waals surface area contributed by atoms with Gasteiger partial charge in [-0.3, -0.25) is 0 Å². The van der Waals surface area contributed by atoms with E-state index in [-0.39, 0.29) is 5.75 Å². The van der Waals surface area contributed by atoms with Crippen LogP contribution in [0, 0.1) is 0 Å². The van der Waals surface area contributed by atoms with E-state index >= 15 is 0 Å². The van der Waals surface area contributed by atoms with Gasteiger partial charge in [0.05, 0.1) is 6.10 Å². The Morgan fingerprint density at radius 2 is 1.95 bits per heavy atom. The van der Waals surface area contributed by atoms with E-state index in [4.69, 9.17) is 0 Å². The summed E-state index contributed by atoms with van der Waals surface area (Å²) in [5, 5.41) is 10.1. The monoisotopic (exact) mass is 300 g/mol. The van der Waals surface area contributed by atoms with Gasteiger partial charge < -0.3 is 14.4 Å². The van der Waals surface area contributed by atoms with Crippen LogP contribution in [0.4, 0.5) is 13.2 Å². The number of nitrogens with zero attached hydrogens (tertiary/aromatic N) is 2. The van der Waals surface area contributed by atoms with E-state index in [1.54, 1.807) is 6.20 Å². The number of alkyl halides is 3. The highest BCUT2D eigenvalue weighted by atomic mass is 19.4. The van der Waals surface area contributed by atoms with Crippen molar-refractivity contribution in [3.63, 3.8) is 0 Å². The van der Waals surface area contributed by atoms with Gasteiger partial charge in [0.1, 0.15) is 11.6 Å². The lowest BCUT2D eigenvalue weighted by Crippen LogP contribution is -2.17. The molecule has 0 aliphatic heterocycles. The number of aliphatic hydroxyl groups excluding tert-OH is 1. The summed E-state index contributed by atoms with van der Waals surface area (Å²) in [5.74, 6) is 0.411. The second kappa shape index (κ2) is 6.17. The van der Waals surface area contributed by atoms with Crippen LogP contribution in [0.5, 0.6) is 5.75 Å². The molecule has 4 nitrogen and oxygen atoms in total. The van der Waals surface area contributed by atoms with Gasteiger partial charge in [0, 0.05) is 25.4 Å². The van der Waals surface area contributed by atoms with Crippen LogP contribution in [0.1, 0.15) is 24.4 Å². The molecule has 114 valence electrons. The Morgan fingerprint density at radius 1 is 1.29 bits per heavy atom. The lowest BCUT2D eigenvalue weighted by molar-refractivity contribution is -0.274. The third kappa shape index (κ3) is 4.22. The van der Waals surface area contributed by atoms with Crippen LogP contribution in [0.25, 0.3) is 0 Å². The minimum absolute atomic E-state index is 0.292. The van der Waals surface area contributed by atoms with E-state index in [0.717, 1.165) is 12.4 Å². The first-order chi connectivity index (χ1) is 9.89. The first kappa shape index (κ1) is 15.4. The predicted molar refractivity (Wildman–Crippen MR) is 69.7 cm³/mol. The maximum atomic E-state index is 12.1. The Hall–Kier alpha value is -2.02.